The van der Waals surface area contributed by atoms with E-state index in [-0.39, 0.29) is 5.82 Å². The van der Waals surface area contributed by atoms with Crippen molar-refractivity contribution in [3.05, 3.63) is 70.6 Å². The van der Waals surface area contributed by atoms with Crippen molar-refractivity contribution in [2.45, 2.75) is 26.1 Å². The highest BCUT2D eigenvalue weighted by Gasteiger charge is 2.14. The first kappa shape index (κ1) is 18.5. The highest BCUT2D eigenvalue weighted by atomic mass is 35.5. The summed E-state index contributed by atoms with van der Waals surface area (Å²) in [5.74, 6) is -0.375. The first-order valence-electron chi connectivity index (χ1n) is 8.35. The number of benzene rings is 2. The molecule has 0 bridgehead atoms. The lowest BCUT2D eigenvalue weighted by atomic mass is 10.1. The Hall–Kier alpha value is -2.28. The molecule has 0 aliphatic rings. The third kappa shape index (κ3) is 4.66. The van der Waals surface area contributed by atoms with Crippen LogP contribution in [0.4, 0.5) is 4.39 Å². The van der Waals surface area contributed by atoms with Crippen LogP contribution in [0, 0.1) is 5.82 Å². The summed E-state index contributed by atoms with van der Waals surface area (Å²) >= 11 is 6.11. The Kier molecular flexibility index (Phi) is 5.98. The van der Waals surface area contributed by atoms with Crippen molar-refractivity contribution in [2.75, 3.05) is 6.54 Å². The third-order valence-electron chi connectivity index (χ3n) is 3.83. The maximum atomic E-state index is 13.2. The van der Waals surface area contributed by atoms with E-state index in [2.05, 4.69) is 15.5 Å². The molecule has 0 saturated heterocycles. The number of nitrogens with one attached hydrogen (secondary N) is 1. The molecular formula is C19H20ClFN4O. The van der Waals surface area contributed by atoms with E-state index in [4.69, 9.17) is 11.6 Å². The predicted molar refractivity (Wildman–Crippen MR) is 99.4 cm³/mol. The number of aromatic nitrogens is 3. The summed E-state index contributed by atoms with van der Waals surface area (Å²) in [5, 5.41) is 22.1. The molecule has 3 aromatic rings. The van der Waals surface area contributed by atoms with Crippen LogP contribution in [-0.2, 0) is 13.1 Å². The Labute approximate surface area is 156 Å². The molecule has 1 atom stereocenters. The lowest BCUT2D eigenvalue weighted by molar-refractivity contribution is 0.191. The van der Waals surface area contributed by atoms with Crippen molar-refractivity contribution in [3.8, 4) is 11.3 Å². The van der Waals surface area contributed by atoms with Crippen LogP contribution in [-0.4, -0.2) is 32.7 Å². The van der Waals surface area contributed by atoms with Crippen LogP contribution in [0.3, 0.4) is 0 Å². The van der Waals surface area contributed by atoms with Crippen LogP contribution in [0.2, 0.25) is 5.02 Å². The highest BCUT2D eigenvalue weighted by molar-refractivity contribution is 6.31. The van der Waals surface area contributed by atoms with Gasteiger partial charge in [-0.05, 0) is 24.6 Å². The fourth-order valence-electron chi connectivity index (χ4n) is 2.59. The zero-order valence-corrected chi connectivity index (χ0v) is 15.1. The molecule has 3 rings (SSSR count). The van der Waals surface area contributed by atoms with Gasteiger partial charge in [0.15, 0.2) is 0 Å². The smallest absolute Gasteiger partial charge is 0.124 e. The maximum absolute atomic E-state index is 13.2. The number of aliphatic hydroxyl groups is 1. The van der Waals surface area contributed by atoms with Gasteiger partial charge < -0.3 is 10.4 Å². The second kappa shape index (κ2) is 8.40. The molecule has 2 aromatic carbocycles. The van der Waals surface area contributed by atoms with E-state index < -0.39 is 6.10 Å². The molecule has 0 aliphatic carbocycles. The van der Waals surface area contributed by atoms with Crippen molar-refractivity contribution >= 4 is 11.6 Å². The van der Waals surface area contributed by atoms with Crippen molar-refractivity contribution in [3.63, 3.8) is 0 Å². The molecule has 0 spiro atoms. The Balaban J connectivity index is 1.87. The zero-order valence-electron chi connectivity index (χ0n) is 14.4. The summed E-state index contributed by atoms with van der Waals surface area (Å²) in [6, 6.07) is 14.1. The van der Waals surface area contributed by atoms with Gasteiger partial charge in [-0.1, -0.05) is 48.0 Å². The summed E-state index contributed by atoms with van der Waals surface area (Å²) in [7, 11) is 0. The molecule has 1 heterocycles. The van der Waals surface area contributed by atoms with Crippen LogP contribution >= 0.6 is 11.6 Å². The molecule has 0 amide bonds. The van der Waals surface area contributed by atoms with Crippen molar-refractivity contribution in [2.24, 2.45) is 0 Å². The van der Waals surface area contributed by atoms with E-state index in [1.165, 1.54) is 12.1 Å². The Morgan fingerprint density at radius 2 is 1.96 bits per heavy atom. The van der Waals surface area contributed by atoms with Crippen LogP contribution in [0.1, 0.15) is 18.2 Å². The topological polar surface area (TPSA) is 63.0 Å². The van der Waals surface area contributed by atoms with Gasteiger partial charge in [0.25, 0.3) is 0 Å². The lowest BCUT2D eigenvalue weighted by Gasteiger charge is -2.06. The first-order chi connectivity index (χ1) is 12.5. The summed E-state index contributed by atoms with van der Waals surface area (Å²) in [6.45, 7) is 3.00. The number of rotatable bonds is 7. The van der Waals surface area contributed by atoms with Crippen molar-refractivity contribution in [1.82, 2.24) is 20.3 Å². The molecule has 2 N–H and O–H groups in total. The number of halogens is 2. The highest BCUT2D eigenvalue weighted by Crippen LogP contribution is 2.22. The van der Waals surface area contributed by atoms with Gasteiger partial charge in [-0.2, -0.15) is 15.0 Å². The lowest BCUT2D eigenvalue weighted by Crippen LogP contribution is -2.24. The average Bonchev–Trinajstić information content (AvgIpc) is 3.01. The minimum absolute atomic E-state index is 0.343. The molecule has 0 aliphatic heterocycles. The Bertz CT molecular complexity index is 867. The van der Waals surface area contributed by atoms with Crippen LogP contribution in [0.25, 0.3) is 11.3 Å². The first-order valence-corrected chi connectivity index (χ1v) is 8.73. The predicted octanol–water partition coefficient (Wildman–Crippen LogP) is 3.26. The standard InChI is InChI=1S/C19H20ClFN4O/c1-13(26)10-22-11-18-19(14-5-3-2-4-6-14)24-25(23-18)12-15-7-8-16(21)9-17(15)20/h2-9,13,22,26H,10-12H2,1H3/t13-/m0/s1. The fraction of sp³-hybridized carbons (Fsp3) is 0.263. The number of nitrogens with zero attached hydrogens (tertiary/aromatic N) is 3. The summed E-state index contributed by atoms with van der Waals surface area (Å²) in [6.07, 6.45) is -0.441. The van der Waals surface area contributed by atoms with Crippen LogP contribution in [0.15, 0.2) is 48.5 Å². The number of hydrogen-bond acceptors (Lipinski definition) is 4. The van der Waals surface area contributed by atoms with Gasteiger partial charge in [0.05, 0.1) is 12.6 Å². The van der Waals surface area contributed by atoms with Crippen LogP contribution < -0.4 is 5.32 Å². The molecular weight excluding hydrogens is 355 g/mol. The molecule has 136 valence electrons. The molecule has 1 aromatic heterocycles. The second-order valence-corrected chi connectivity index (χ2v) is 6.51. The molecule has 0 fully saturated rings. The third-order valence-corrected chi connectivity index (χ3v) is 4.18. The van der Waals surface area contributed by atoms with Gasteiger partial charge in [0.1, 0.15) is 17.2 Å². The zero-order chi connectivity index (χ0) is 18.5. The maximum Gasteiger partial charge on any atom is 0.124 e. The normalized spacial score (nSPS) is 12.3. The fourth-order valence-corrected chi connectivity index (χ4v) is 2.82. The molecule has 5 nitrogen and oxygen atoms in total. The minimum atomic E-state index is -0.441. The minimum Gasteiger partial charge on any atom is -0.392 e. The molecule has 7 heteroatoms. The largest absolute Gasteiger partial charge is 0.392 e. The molecule has 0 radical (unpaired) electrons. The van der Waals surface area contributed by atoms with E-state index >= 15 is 0 Å². The van der Waals surface area contributed by atoms with Crippen molar-refractivity contribution < 1.29 is 9.50 Å². The van der Waals surface area contributed by atoms with E-state index in [0.29, 0.717) is 24.7 Å². The monoisotopic (exact) mass is 374 g/mol. The number of aliphatic hydroxyl groups excluding tert-OH is 1. The van der Waals surface area contributed by atoms with Gasteiger partial charge >= 0.3 is 0 Å². The Morgan fingerprint density at radius 1 is 1.19 bits per heavy atom. The molecule has 0 saturated carbocycles. The van der Waals surface area contributed by atoms with Gasteiger partial charge in [0, 0.05) is 23.7 Å². The van der Waals surface area contributed by atoms with E-state index in [1.54, 1.807) is 17.8 Å². The molecule has 26 heavy (non-hydrogen) atoms. The van der Waals surface area contributed by atoms with E-state index in [0.717, 1.165) is 22.5 Å². The summed E-state index contributed by atoms with van der Waals surface area (Å²) < 4.78 is 13.2. The second-order valence-electron chi connectivity index (χ2n) is 6.11. The van der Waals surface area contributed by atoms with Gasteiger partial charge in [-0.25, -0.2) is 4.39 Å². The number of hydrogen-bond donors (Lipinski definition) is 2. The van der Waals surface area contributed by atoms with Crippen LogP contribution in [0.5, 0.6) is 0 Å². The van der Waals surface area contributed by atoms with Gasteiger partial charge in [-0.3, -0.25) is 0 Å². The summed E-state index contributed by atoms with van der Waals surface area (Å²) in [5.41, 5.74) is 3.24. The quantitative estimate of drug-likeness (QED) is 0.666. The van der Waals surface area contributed by atoms with Crippen molar-refractivity contribution in [1.29, 1.82) is 0 Å². The van der Waals surface area contributed by atoms with Gasteiger partial charge in [0.2, 0.25) is 0 Å². The summed E-state index contributed by atoms with van der Waals surface area (Å²) in [4.78, 5) is 1.56. The average molecular weight is 375 g/mol. The van der Waals surface area contributed by atoms with E-state index in [9.17, 15) is 9.50 Å². The van der Waals surface area contributed by atoms with Gasteiger partial charge in [-0.15, -0.1) is 0 Å². The SMILES string of the molecule is C[C@H](O)CNCc1nn(Cc2ccc(F)cc2Cl)nc1-c1ccccc1. The Morgan fingerprint density at radius 3 is 2.65 bits per heavy atom. The van der Waals surface area contributed by atoms with E-state index in [1.807, 2.05) is 30.3 Å². The molecule has 0 unspecified atom stereocenters.